The van der Waals surface area contributed by atoms with Gasteiger partial charge in [-0.15, -0.1) is 0 Å². The number of carboxylic acid groups (broad SMARTS) is 2. The molecule has 6 N–H and O–H groups in total. The van der Waals surface area contributed by atoms with Gasteiger partial charge in [0.05, 0.1) is 43.4 Å². The molecular weight excluding hydrogens is 924 g/mol. The number of benzene rings is 6. The molecule has 0 radical (unpaired) electrons. The molecule has 0 unspecified atom stereocenters. The summed E-state index contributed by atoms with van der Waals surface area (Å²) in [5.41, 5.74) is 1.77. The topological polar surface area (TPSA) is 222 Å². The van der Waals surface area contributed by atoms with Crippen LogP contribution in [0, 0.1) is 0 Å². The zero-order chi connectivity index (χ0) is 46.5. The second-order valence-corrected chi connectivity index (χ2v) is 16.0. The zero-order valence-electron chi connectivity index (χ0n) is 33.4. The van der Waals surface area contributed by atoms with Crippen LogP contribution in [0.15, 0.2) is 118 Å². The zero-order valence-corrected chi connectivity index (χ0v) is 36.4. The van der Waals surface area contributed by atoms with Gasteiger partial charge in [-0.05, 0) is 90.3 Å². The first-order chi connectivity index (χ1) is 31.1. The number of halogens is 4. The average molecular weight is 958 g/mol. The number of nitrogens with one attached hydrogen (secondary N) is 3. The maximum Gasteiger partial charge on any atom is 0.336 e. The highest BCUT2D eigenvalue weighted by Gasteiger charge is 2.26. The van der Waals surface area contributed by atoms with Crippen LogP contribution < -0.4 is 26.1 Å². The molecule has 18 heteroatoms. The highest BCUT2D eigenvalue weighted by Crippen LogP contribution is 2.42. The van der Waals surface area contributed by atoms with E-state index in [9.17, 15) is 44.1 Å². The molecule has 0 spiro atoms. The van der Waals surface area contributed by atoms with E-state index in [1.54, 1.807) is 36.4 Å². The number of ether oxygens (including phenoxy) is 1. The lowest BCUT2D eigenvalue weighted by Gasteiger charge is -2.17. The predicted molar refractivity (Wildman–Crippen MR) is 246 cm³/mol. The third-order valence-electron chi connectivity index (χ3n) is 10.0. The van der Waals surface area contributed by atoms with Crippen LogP contribution in [0.1, 0.15) is 53.4 Å². The third-order valence-corrected chi connectivity index (χ3v) is 11.2. The van der Waals surface area contributed by atoms with Crippen LogP contribution >= 0.6 is 46.4 Å². The Hall–Kier alpha value is -7.10. The van der Waals surface area contributed by atoms with Gasteiger partial charge in [0.2, 0.25) is 0 Å². The molecule has 5 aromatic carbocycles. The number of anilines is 1. The van der Waals surface area contributed by atoms with Crippen LogP contribution in [-0.4, -0.2) is 64.2 Å². The van der Waals surface area contributed by atoms with Crippen LogP contribution in [0.5, 0.6) is 11.5 Å². The van der Waals surface area contributed by atoms with E-state index in [2.05, 4.69) is 16.0 Å². The van der Waals surface area contributed by atoms with Crippen molar-refractivity contribution in [3.05, 3.63) is 167 Å². The largest absolute Gasteiger partial charge is 0.508 e. The summed E-state index contributed by atoms with van der Waals surface area (Å²) >= 11 is 25.1. The number of aliphatic carboxylic acids is 1. The maximum atomic E-state index is 13.3. The van der Waals surface area contributed by atoms with Crippen molar-refractivity contribution >= 4 is 92.7 Å². The number of hydrogen-bond acceptors (Lipinski definition) is 9. The van der Waals surface area contributed by atoms with Crippen molar-refractivity contribution in [2.24, 2.45) is 0 Å². The van der Waals surface area contributed by atoms with Crippen molar-refractivity contribution in [3.63, 3.8) is 0 Å². The number of carboxylic acids is 2. The van der Waals surface area contributed by atoms with E-state index >= 15 is 0 Å². The number of hydrogen-bond donors (Lipinski definition) is 6. The van der Waals surface area contributed by atoms with Gasteiger partial charge in [0.1, 0.15) is 28.9 Å². The second kappa shape index (κ2) is 19.7. The normalized spacial score (nSPS) is 11.5. The van der Waals surface area contributed by atoms with Gasteiger partial charge in [0.15, 0.2) is 5.43 Å². The number of carbonyl (C=O) groups excluding carboxylic acids is 3. The summed E-state index contributed by atoms with van der Waals surface area (Å²) < 4.78 is 11.6. The summed E-state index contributed by atoms with van der Waals surface area (Å²) in [6.45, 7) is 0.182. The summed E-state index contributed by atoms with van der Waals surface area (Å²) in [6.07, 6.45) is 0.165. The number of amides is 3. The molecule has 14 nitrogen and oxygen atoms in total. The fourth-order valence-electron chi connectivity index (χ4n) is 6.94. The first-order valence-electron chi connectivity index (χ1n) is 19.4. The number of phenolic OH excluding ortho intramolecular Hbond substituents is 1. The highest BCUT2D eigenvalue weighted by atomic mass is 35.5. The Morgan fingerprint density at radius 2 is 1.38 bits per heavy atom. The van der Waals surface area contributed by atoms with Gasteiger partial charge in [0, 0.05) is 52.9 Å². The summed E-state index contributed by atoms with van der Waals surface area (Å²) in [5.74, 6) is -4.28. The molecule has 1 atom stereocenters. The van der Waals surface area contributed by atoms with Gasteiger partial charge in [-0.2, -0.15) is 0 Å². The summed E-state index contributed by atoms with van der Waals surface area (Å²) in [4.78, 5) is 76.1. The molecule has 0 bridgehead atoms. The Bertz CT molecular complexity index is 3020. The molecule has 2 aliphatic rings. The number of aromatic carboxylic acids is 1. The molecule has 65 heavy (non-hydrogen) atoms. The summed E-state index contributed by atoms with van der Waals surface area (Å²) in [6, 6.07) is 24.9. The van der Waals surface area contributed by atoms with E-state index in [0.29, 0.717) is 27.8 Å². The molecule has 0 aromatic heterocycles. The number of aromatic hydroxyl groups is 1. The van der Waals surface area contributed by atoms with Crippen LogP contribution in [0.25, 0.3) is 33.4 Å². The van der Waals surface area contributed by atoms with Gasteiger partial charge in [0.25, 0.3) is 17.7 Å². The fraction of sp³-hybridized carbons (Fsp3) is 0.106. The highest BCUT2D eigenvalue weighted by molar-refractivity contribution is 6.41. The molecule has 0 fully saturated rings. The summed E-state index contributed by atoms with van der Waals surface area (Å²) in [7, 11) is 0. The molecule has 0 saturated heterocycles. The molecule has 7 rings (SSSR count). The third kappa shape index (κ3) is 10.5. The van der Waals surface area contributed by atoms with Crippen molar-refractivity contribution < 1.29 is 48.4 Å². The van der Waals surface area contributed by atoms with Crippen LogP contribution in [0.2, 0.25) is 20.1 Å². The van der Waals surface area contributed by atoms with Gasteiger partial charge >= 0.3 is 11.9 Å². The lowest BCUT2D eigenvalue weighted by Crippen LogP contribution is -2.42. The first kappa shape index (κ1) is 45.9. The van der Waals surface area contributed by atoms with Gasteiger partial charge in [-0.25, -0.2) is 9.59 Å². The molecule has 1 aliphatic heterocycles. The summed E-state index contributed by atoms with van der Waals surface area (Å²) in [5, 5.41) is 38.7. The molecule has 0 saturated carbocycles. The van der Waals surface area contributed by atoms with Gasteiger partial charge in [-0.1, -0.05) is 70.7 Å². The SMILES string of the molecule is O=C(NCCCOc1cc(Cl)c(C(=O)N[C@@H](Cc2ccc(NC(=O)c3c(Cl)cccc3Cl)cc2)C(=O)O)c(Cl)c1)c1ccc(-c2c3ccc(=O)cc-3oc3cc(O)ccc23)c(C(=O)O)c1. The van der Waals surface area contributed by atoms with Gasteiger partial charge in [-0.3, -0.25) is 19.2 Å². The molecule has 5 aromatic rings. The van der Waals surface area contributed by atoms with E-state index in [1.165, 1.54) is 72.8 Å². The minimum absolute atomic E-state index is 0.0644. The standard InChI is InChI=1S/C47H33Cl4N3O11/c48-33-3-1-4-34(49)41(33)44(58)53-25-8-5-23(6-9-25)17-37(47(62)63)54-45(59)42-35(50)21-28(22-36(42)51)64-16-2-15-52-43(57)24-7-12-29(32(18-24)46(60)61)40-30-13-10-26(55)19-38(30)65-39-20-27(56)11-14-31(39)40/h1,3-14,18-22,37,55H,2,15-17H2,(H,52,57)(H,53,58)(H,54,59)(H,60,61)(H,62,63)/t37-/m0/s1. The Morgan fingerprint density at radius 3 is 2.06 bits per heavy atom. The van der Waals surface area contributed by atoms with Crippen molar-refractivity contribution in [2.75, 3.05) is 18.5 Å². The van der Waals surface area contributed by atoms with Gasteiger partial charge < -0.3 is 40.4 Å². The Morgan fingerprint density at radius 1 is 0.708 bits per heavy atom. The fourth-order valence-corrected chi connectivity index (χ4v) is 8.15. The lowest BCUT2D eigenvalue weighted by atomic mass is 9.90. The smallest absolute Gasteiger partial charge is 0.336 e. The average Bonchev–Trinajstić information content (AvgIpc) is 3.25. The minimum atomic E-state index is -1.39. The van der Waals surface area contributed by atoms with E-state index in [1.807, 2.05) is 0 Å². The Labute approximate surface area is 388 Å². The minimum Gasteiger partial charge on any atom is -0.508 e. The second-order valence-electron chi connectivity index (χ2n) is 14.4. The number of carbonyl (C=O) groups is 5. The lowest BCUT2D eigenvalue weighted by molar-refractivity contribution is -0.139. The monoisotopic (exact) mass is 955 g/mol. The molecular formula is C47H33Cl4N3O11. The van der Waals surface area contributed by atoms with E-state index in [-0.39, 0.29) is 102 Å². The van der Waals surface area contributed by atoms with Crippen molar-refractivity contribution in [1.29, 1.82) is 0 Å². The Balaban J connectivity index is 0.941. The quantitative estimate of drug-likeness (QED) is 0.0420. The van der Waals surface area contributed by atoms with Crippen LogP contribution in [0.4, 0.5) is 5.69 Å². The van der Waals surface area contributed by atoms with Crippen molar-refractivity contribution in [2.45, 2.75) is 18.9 Å². The number of fused-ring (bicyclic) bond motifs is 2. The van der Waals surface area contributed by atoms with E-state index in [4.69, 9.17) is 55.6 Å². The van der Waals surface area contributed by atoms with Crippen molar-refractivity contribution in [3.8, 4) is 33.9 Å². The van der Waals surface area contributed by atoms with Crippen molar-refractivity contribution in [1.82, 2.24) is 10.6 Å². The van der Waals surface area contributed by atoms with E-state index in [0.717, 1.165) is 0 Å². The number of rotatable bonds is 15. The molecule has 3 amide bonds. The van der Waals surface area contributed by atoms with Crippen LogP contribution in [0.3, 0.4) is 0 Å². The van der Waals surface area contributed by atoms with E-state index < -0.39 is 35.7 Å². The Kier molecular flexibility index (Phi) is 13.9. The molecule has 1 aliphatic carbocycles. The van der Waals surface area contributed by atoms with Crippen LogP contribution in [-0.2, 0) is 11.2 Å². The maximum absolute atomic E-state index is 13.3. The predicted octanol–water partition coefficient (Wildman–Crippen LogP) is 9.46. The number of phenols is 1. The molecule has 330 valence electrons. The molecule has 1 heterocycles. The first-order valence-corrected chi connectivity index (χ1v) is 20.9.